The first-order valence-corrected chi connectivity index (χ1v) is 6.31. The van der Waals surface area contributed by atoms with Crippen LogP contribution in [0.4, 0.5) is 5.82 Å². The Bertz CT molecular complexity index is 439. The maximum Gasteiger partial charge on any atom is 0.225 e. The van der Waals surface area contributed by atoms with Gasteiger partial charge in [0.2, 0.25) is 5.91 Å². The topological polar surface area (TPSA) is 83.5 Å². The smallest absolute Gasteiger partial charge is 0.225 e. The molecule has 6 heteroatoms. The first kappa shape index (κ1) is 13.9. The molecule has 1 fully saturated rings. The Hall–Kier alpha value is -1.50. The molecule has 1 saturated heterocycles. The van der Waals surface area contributed by atoms with E-state index in [0.29, 0.717) is 31.9 Å². The lowest BCUT2D eigenvalue weighted by atomic mass is 10.0. The Morgan fingerprint density at radius 3 is 3.16 bits per heavy atom. The highest BCUT2D eigenvalue weighted by Gasteiger charge is 2.27. The Morgan fingerprint density at radius 1 is 1.63 bits per heavy atom. The summed E-state index contributed by atoms with van der Waals surface area (Å²) >= 11 is 0. The van der Waals surface area contributed by atoms with Gasteiger partial charge in [-0.1, -0.05) is 0 Å². The van der Waals surface area contributed by atoms with E-state index < -0.39 is 6.10 Å². The number of β-amino-alcohol motifs (C(OH)–C–C–N with tert-alkyl or cyclic N) is 1. The molecule has 1 aromatic rings. The van der Waals surface area contributed by atoms with Crippen LogP contribution in [0.15, 0.2) is 18.3 Å². The molecule has 2 atom stereocenters. The molecule has 2 rings (SSSR count). The van der Waals surface area contributed by atoms with Crippen LogP contribution in [0, 0.1) is 5.92 Å². The van der Waals surface area contributed by atoms with Gasteiger partial charge in [-0.2, -0.15) is 0 Å². The van der Waals surface area contributed by atoms with Gasteiger partial charge in [0.15, 0.2) is 0 Å². The quantitative estimate of drug-likeness (QED) is 0.705. The van der Waals surface area contributed by atoms with Crippen molar-refractivity contribution in [3.63, 3.8) is 0 Å². The molecule has 3 N–H and O–H groups in total. The predicted molar refractivity (Wildman–Crippen MR) is 70.6 cm³/mol. The molecule has 1 aromatic heterocycles. The predicted octanol–water partition coefficient (Wildman–Crippen LogP) is 0.137. The van der Waals surface area contributed by atoms with Gasteiger partial charge in [0.05, 0.1) is 12.7 Å². The number of methoxy groups -OCH3 is 1. The van der Waals surface area contributed by atoms with E-state index in [9.17, 15) is 9.90 Å². The van der Waals surface area contributed by atoms with E-state index in [1.54, 1.807) is 19.4 Å². The molecule has 0 spiro atoms. The molecule has 1 aliphatic rings. The normalized spacial score (nSPS) is 22.4. The molecule has 0 bridgehead atoms. The molecular weight excluding hydrogens is 246 g/mol. The standard InChI is InChI=1S/C13H19N3O3/c1-19-8-9-2-3-15-12(4-9)16-13(18)5-10-6-14-7-11(10)17/h2-4,10-11,14,17H,5-8H2,1H3,(H,15,16,18)/t10-,11-/m1/s1. The molecule has 2 heterocycles. The van der Waals surface area contributed by atoms with Gasteiger partial charge in [-0.25, -0.2) is 4.98 Å². The summed E-state index contributed by atoms with van der Waals surface area (Å²) in [4.78, 5) is 16.0. The Kier molecular flexibility index (Phi) is 4.84. The van der Waals surface area contributed by atoms with E-state index in [1.807, 2.05) is 6.07 Å². The second kappa shape index (κ2) is 6.60. The number of aromatic nitrogens is 1. The molecular formula is C13H19N3O3. The fourth-order valence-electron chi connectivity index (χ4n) is 2.16. The second-order valence-electron chi connectivity index (χ2n) is 4.72. The molecule has 0 radical (unpaired) electrons. The number of carbonyl (C=O) groups is 1. The molecule has 0 aliphatic carbocycles. The highest BCUT2D eigenvalue weighted by Crippen LogP contribution is 2.15. The van der Waals surface area contributed by atoms with Crippen LogP contribution in [-0.2, 0) is 16.1 Å². The Labute approximate surface area is 112 Å². The summed E-state index contributed by atoms with van der Waals surface area (Å²) in [6.45, 7) is 1.71. The zero-order valence-corrected chi connectivity index (χ0v) is 10.9. The fourth-order valence-corrected chi connectivity index (χ4v) is 2.16. The number of pyridine rings is 1. The number of aliphatic hydroxyl groups excluding tert-OH is 1. The number of anilines is 1. The lowest BCUT2D eigenvalue weighted by Gasteiger charge is -2.12. The average molecular weight is 265 g/mol. The summed E-state index contributed by atoms with van der Waals surface area (Å²) < 4.78 is 5.03. The van der Waals surface area contributed by atoms with Crippen LogP contribution < -0.4 is 10.6 Å². The first-order chi connectivity index (χ1) is 9.19. The van der Waals surface area contributed by atoms with E-state index in [2.05, 4.69) is 15.6 Å². The number of carbonyl (C=O) groups excluding carboxylic acids is 1. The maximum absolute atomic E-state index is 11.9. The summed E-state index contributed by atoms with van der Waals surface area (Å²) in [5.41, 5.74) is 0.954. The summed E-state index contributed by atoms with van der Waals surface area (Å²) in [7, 11) is 1.62. The monoisotopic (exact) mass is 265 g/mol. The highest BCUT2D eigenvalue weighted by atomic mass is 16.5. The molecule has 0 aromatic carbocycles. The van der Waals surface area contributed by atoms with Gasteiger partial charge in [0.1, 0.15) is 5.82 Å². The zero-order chi connectivity index (χ0) is 13.7. The van der Waals surface area contributed by atoms with Gasteiger partial charge in [-0.05, 0) is 17.7 Å². The Balaban J connectivity index is 1.89. The lowest BCUT2D eigenvalue weighted by molar-refractivity contribution is -0.117. The SMILES string of the molecule is COCc1ccnc(NC(=O)C[C@@H]2CNC[C@H]2O)c1. The van der Waals surface area contributed by atoms with Crippen LogP contribution in [-0.4, -0.2) is 42.3 Å². The number of hydrogen-bond donors (Lipinski definition) is 3. The van der Waals surface area contributed by atoms with E-state index in [1.165, 1.54) is 0 Å². The third kappa shape index (κ3) is 3.99. The molecule has 0 saturated carbocycles. The van der Waals surface area contributed by atoms with Crippen LogP contribution in [0.2, 0.25) is 0 Å². The summed E-state index contributed by atoms with van der Waals surface area (Å²) in [6, 6.07) is 3.62. The number of nitrogens with one attached hydrogen (secondary N) is 2. The van der Waals surface area contributed by atoms with Crippen molar-refractivity contribution in [3.8, 4) is 0 Å². The largest absolute Gasteiger partial charge is 0.391 e. The van der Waals surface area contributed by atoms with Gasteiger partial charge >= 0.3 is 0 Å². The molecule has 6 nitrogen and oxygen atoms in total. The van der Waals surface area contributed by atoms with E-state index in [0.717, 1.165) is 5.56 Å². The number of rotatable bonds is 5. The van der Waals surface area contributed by atoms with Crippen LogP contribution in [0.5, 0.6) is 0 Å². The number of aliphatic hydroxyl groups is 1. The van der Waals surface area contributed by atoms with Gasteiger partial charge in [-0.3, -0.25) is 4.79 Å². The molecule has 0 unspecified atom stereocenters. The minimum Gasteiger partial charge on any atom is -0.391 e. The number of amides is 1. The molecule has 104 valence electrons. The average Bonchev–Trinajstić information content (AvgIpc) is 2.76. The molecule has 1 amide bonds. The highest BCUT2D eigenvalue weighted by molar-refractivity contribution is 5.90. The number of ether oxygens (including phenoxy) is 1. The summed E-state index contributed by atoms with van der Waals surface area (Å²) in [5.74, 6) is 0.358. The minimum absolute atomic E-state index is 0.0258. The molecule has 19 heavy (non-hydrogen) atoms. The van der Waals surface area contributed by atoms with E-state index >= 15 is 0 Å². The third-order valence-corrected chi connectivity index (χ3v) is 3.15. The van der Waals surface area contributed by atoms with Gasteiger partial charge < -0.3 is 20.5 Å². The van der Waals surface area contributed by atoms with Crippen molar-refractivity contribution in [1.82, 2.24) is 10.3 Å². The van der Waals surface area contributed by atoms with Crippen LogP contribution in [0.25, 0.3) is 0 Å². The minimum atomic E-state index is -0.446. The first-order valence-electron chi connectivity index (χ1n) is 6.31. The maximum atomic E-state index is 11.9. The second-order valence-corrected chi connectivity index (χ2v) is 4.72. The fraction of sp³-hybridized carbons (Fsp3) is 0.538. The lowest BCUT2D eigenvalue weighted by Crippen LogP contribution is -2.24. The van der Waals surface area contributed by atoms with E-state index in [-0.39, 0.29) is 11.8 Å². The van der Waals surface area contributed by atoms with Crippen LogP contribution >= 0.6 is 0 Å². The van der Waals surface area contributed by atoms with E-state index in [4.69, 9.17) is 4.74 Å². The van der Waals surface area contributed by atoms with Crippen molar-refractivity contribution in [2.75, 3.05) is 25.5 Å². The van der Waals surface area contributed by atoms with Crippen molar-refractivity contribution in [3.05, 3.63) is 23.9 Å². The summed E-state index contributed by atoms with van der Waals surface area (Å²) in [6.07, 6.45) is 1.49. The van der Waals surface area contributed by atoms with Crippen molar-refractivity contribution in [2.24, 2.45) is 5.92 Å². The Morgan fingerprint density at radius 2 is 2.47 bits per heavy atom. The van der Waals surface area contributed by atoms with Gasteiger partial charge in [0.25, 0.3) is 0 Å². The number of nitrogens with zero attached hydrogens (tertiary/aromatic N) is 1. The van der Waals surface area contributed by atoms with Gasteiger partial charge in [0, 0.05) is 38.7 Å². The van der Waals surface area contributed by atoms with Crippen molar-refractivity contribution >= 4 is 11.7 Å². The van der Waals surface area contributed by atoms with Crippen LogP contribution in [0.1, 0.15) is 12.0 Å². The molecule has 1 aliphatic heterocycles. The van der Waals surface area contributed by atoms with Crippen molar-refractivity contribution in [1.29, 1.82) is 0 Å². The third-order valence-electron chi connectivity index (χ3n) is 3.15. The van der Waals surface area contributed by atoms with Crippen LogP contribution in [0.3, 0.4) is 0 Å². The van der Waals surface area contributed by atoms with Crippen molar-refractivity contribution in [2.45, 2.75) is 19.1 Å². The van der Waals surface area contributed by atoms with Gasteiger partial charge in [-0.15, -0.1) is 0 Å². The number of hydrogen-bond acceptors (Lipinski definition) is 5. The zero-order valence-electron chi connectivity index (χ0n) is 10.9. The van der Waals surface area contributed by atoms with Crippen molar-refractivity contribution < 1.29 is 14.6 Å². The summed E-state index contributed by atoms with van der Waals surface area (Å²) in [5, 5.41) is 15.4.